The molecule has 1 atom stereocenters. The van der Waals surface area contributed by atoms with E-state index in [0.717, 1.165) is 10.9 Å². The topological polar surface area (TPSA) is 96.5 Å². The summed E-state index contributed by atoms with van der Waals surface area (Å²) >= 11 is 0. The molecule has 0 aliphatic rings. The minimum absolute atomic E-state index is 0.103. The Hall–Kier alpha value is -2.12. The maximum absolute atomic E-state index is 11.3. The van der Waals surface area contributed by atoms with Crippen LogP contribution in [0.2, 0.25) is 0 Å². The molecular formula is C9H13N3O5. The summed E-state index contributed by atoms with van der Waals surface area (Å²) in [5.41, 5.74) is -0.275. The van der Waals surface area contributed by atoms with E-state index >= 15 is 0 Å². The number of nitrogens with zero attached hydrogens (tertiary/aromatic N) is 3. The lowest BCUT2D eigenvalue weighted by Gasteiger charge is -2.07. The largest absolute Gasteiger partial charge is 0.472 e. The molecule has 8 heteroatoms. The Labute approximate surface area is 97.3 Å². The quantitative estimate of drug-likeness (QED) is 0.433. The predicted molar refractivity (Wildman–Crippen MR) is 56.8 cm³/mol. The molecule has 94 valence electrons. The Balaban J connectivity index is 3.06. The van der Waals surface area contributed by atoms with Gasteiger partial charge in [-0.05, 0) is 13.8 Å². The van der Waals surface area contributed by atoms with Gasteiger partial charge >= 0.3 is 17.5 Å². The summed E-state index contributed by atoms with van der Waals surface area (Å²) < 4.78 is 10.7. The Morgan fingerprint density at radius 1 is 1.71 bits per heavy atom. The van der Waals surface area contributed by atoms with Gasteiger partial charge in [0, 0.05) is 0 Å². The molecule has 0 fully saturated rings. The molecule has 1 rings (SSSR count). The van der Waals surface area contributed by atoms with E-state index in [9.17, 15) is 14.9 Å². The van der Waals surface area contributed by atoms with Crippen LogP contribution in [-0.4, -0.2) is 34.4 Å². The molecule has 0 aliphatic carbocycles. The van der Waals surface area contributed by atoms with E-state index in [1.165, 1.54) is 14.0 Å². The number of esters is 1. The Kier molecular flexibility index (Phi) is 4.02. The van der Waals surface area contributed by atoms with Crippen molar-refractivity contribution in [2.45, 2.75) is 19.9 Å². The molecule has 17 heavy (non-hydrogen) atoms. The third kappa shape index (κ3) is 2.71. The van der Waals surface area contributed by atoms with Gasteiger partial charge in [-0.25, -0.2) is 9.48 Å². The normalized spacial score (nSPS) is 11.9. The van der Waals surface area contributed by atoms with Crippen LogP contribution in [0.1, 0.15) is 19.9 Å². The van der Waals surface area contributed by atoms with Gasteiger partial charge in [0.25, 0.3) is 0 Å². The average Bonchev–Trinajstić information content (AvgIpc) is 2.71. The van der Waals surface area contributed by atoms with Gasteiger partial charge in [0.1, 0.15) is 12.2 Å². The van der Waals surface area contributed by atoms with Crippen LogP contribution in [0.5, 0.6) is 5.88 Å². The number of carbonyl (C=O) groups is 1. The van der Waals surface area contributed by atoms with Crippen molar-refractivity contribution in [2.24, 2.45) is 0 Å². The fraction of sp³-hybridized carbons (Fsp3) is 0.556. The molecular weight excluding hydrogens is 230 g/mol. The van der Waals surface area contributed by atoms with Gasteiger partial charge in [-0.3, -0.25) is 10.1 Å². The first-order valence-electron chi connectivity index (χ1n) is 4.95. The van der Waals surface area contributed by atoms with E-state index in [-0.39, 0.29) is 18.2 Å². The van der Waals surface area contributed by atoms with Crippen molar-refractivity contribution < 1.29 is 19.2 Å². The Bertz CT molecular complexity index is 428. The second kappa shape index (κ2) is 5.28. The van der Waals surface area contributed by atoms with Crippen molar-refractivity contribution in [3.8, 4) is 5.88 Å². The van der Waals surface area contributed by atoms with Crippen LogP contribution in [0.15, 0.2) is 6.20 Å². The van der Waals surface area contributed by atoms with Gasteiger partial charge in [-0.1, -0.05) is 0 Å². The highest BCUT2D eigenvalue weighted by molar-refractivity contribution is 5.73. The summed E-state index contributed by atoms with van der Waals surface area (Å²) in [5, 5.41) is 14.6. The molecule has 0 aromatic carbocycles. The summed E-state index contributed by atoms with van der Waals surface area (Å²) in [6.45, 7) is 3.47. The highest BCUT2D eigenvalue weighted by Crippen LogP contribution is 2.26. The van der Waals surface area contributed by atoms with Gasteiger partial charge in [0.05, 0.1) is 18.6 Å². The standard InChI is InChI=1S/C9H13N3O5/c1-4-17-8-7(12(14)15)5-11(10-8)6(2)9(13)16-3/h5-6H,4H2,1-3H3/t6-/m0/s1. The smallest absolute Gasteiger partial charge is 0.350 e. The molecule has 0 N–H and O–H groups in total. The Morgan fingerprint density at radius 2 is 2.35 bits per heavy atom. The lowest BCUT2D eigenvalue weighted by atomic mass is 10.3. The first-order chi connectivity index (χ1) is 8.01. The van der Waals surface area contributed by atoms with Gasteiger partial charge in [0.2, 0.25) is 0 Å². The van der Waals surface area contributed by atoms with Gasteiger partial charge < -0.3 is 9.47 Å². The number of rotatable bonds is 5. The zero-order valence-electron chi connectivity index (χ0n) is 9.74. The maximum Gasteiger partial charge on any atom is 0.350 e. The van der Waals surface area contributed by atoms with Crippen LogP contribution in [0, 0.1) is 10.1 Å². The summed E-state index contributed by atoms with van der Waals surface area (Å²) in [6.07, 6.45) is 1.15. The van der Waals surface area contributed by atoms with E-state index in [2.05, 4.69) is 9.84 Å². The molecule has 1 heterocycles. The van der Waals surface area contributed by atoms with E-state index in [0.29, 0.717) is 0 Å². The van der Waals surface area contributed by atoms with Gasteiger partial charge in [-0.15, -0.1) is 5.10 Å². The number of nitro groups is 1. The van der Waals surface area contributed by atoms with Crippen LogP contribution < -0.4 is 4.74 Å². The van der Waals surface area contributed by atoms with E-state index in [1.807, 2.05) is 0 Å². The van der Waals surface area contributed by atoms with Crippen molar-refractivity contribution >= 4 is 11.7 Å². The fourth-order valence-electron chi connectivity index (χ4n) is 1.21. The first kappa shape index (κ1) is 12.9. The Morgan fingerprint density at radius 3 is 2.82 bits per heavy atom. The van der Waals surface area contributed by atoms with Crippen molar-refractivity contribution in [2.75, 3.05) is 13.7 Å². The molecule has 8 nitrogen and oxygen atoms in total. The fourth-order valence-corrected chi connectivity index (χ4v) is 1.21. The van der Waals surface area contributed by atoms with Gasteiger partial charge in [-0.2, -0.15) is 0 Å². The third-order valence-electron chi connectivity index (χ3n) is 2.10. The first-order valence-corrected chi connectivity index (χ1v) is 4.95. The van der Waals surface area contributed by atoms with Crippen LogP contribution in [-0.2, 0) is 9.53 Å². The molecule has 1 aromatic heterocycles. The molecule has 0 saturated heterocycles. The predicted octanol–water partition coefficient (Wildman–Crippen LogP) is 0.924. The van der Waals surface area contributed by atoms with Crippen LogP contribution in [0.25, 0.3) is 0 Å². The molecule has 0 radical (unpaired) electrons. The van der Waals surface area contributed by atoms with Crippen LogP contribution in [0.3, 0.4) is 0 Å². The minimum Gasteiger partial charge on any atom is -0.472 e. The van der Waals surface area contributed by atoms with Crippen molar-refractivity contribution in [3.05, 3.63) is 16.3 Å². The highest BCUT2D eigenvalue weighted by Gasteiger charge is 2.25. The number of methoxy groups -OCH3 is 1. The molecule has 0 unspecified atom stereocenters. The molecule has 0 spiro atoms. The van der Waals surface area contributed by atoms with Crippen molar-refractivity contribution in [1.82, 2.24) is 9.78 Å². The second-order valence-corrected chi connectivity index (χ2v) is 3.19. The van der Waals surface area contributed by atoms with Crippen LogP contribution >= 0.6 is 0 Å². The minimum atomic E-state index is -0.743. The summed E-state index contributed by atoms with van der Waals surface area (Å²) in [4.78, 5) is 21.4. The third-order valence-corrected chi connectivity index (χ3v) is 2.10. The molecule has 0 bridgehead atoms. The van der Waals surface area contributed by atoms with Crippen molar-refractivity contribution in [1.29, 1.82) is 0 Å². The molecule has 1 aromatic rings. The highest BCUT2D eigenvalue weighted by atomic mass is 16.6. The number of carbonyl (C=O) groups excluding carboxylic acids is 1. The number of ether oxygens (including phenoxy) is 2. The summed E-state index contributed by atoms with van der Waals surface area (Å²) in [7, 11) is 1.24. The maximum atomic E-state index is 11.3. The monoisotopic (exact) mass is 243 g/mol. The number of hydrogen-bond donors (Lipinski definition) is 0. The van der Waals surface area contributed by atoms with E-state index < -0.39 is 16.9 Å². The SMILES string of the molecule is CCOc1nn([C@@H](C)C(=O)OC)cc1[N+](=O)[O-]. The van der Waals surface area contributed by atoms with E-state index in [1.54, 1.807) is 6.92 Å². The van der Waals surface area contributed by atoms with Crippen molar-refractivity contribution in [3.63, 3.8) is 0 Å². The van der Waals surface area contributed by atoms with E-state index in [4.69, 9.17) is 4.74 Å². The molecule has 0 aliphatic heterocycles. The molecule has 0 amide bonds. The summed E-state index contributed by atoms with van der Waals surface area (Å²) in [5.74, 6) is -0.640. The lowest BCUT2D eigenvalue weighted by molar-refractivity contribution is -0.386. The zero-order valence-corrected chi connectivity index (χ0v) is 9.74. The lowest BCUT2D eigenvalue weighted by Crippen LogP contribution is -2.18. The molecule has 0 saturated carbocycles. The number of aromatic nitrogens is 2. The zero-order chi connectivity index (χ0) is 13.0. The average molecular weight is 243 g/mol. The van der Waals surface area contributed by atoms with Crippen LogP contribution in [0.4, 0.5) is 5.69 Å². The number of hydrogen-bond acceptors (Lipinski definition) is 6. The summed E-state index contributed by atoms with van der Waals surface area (Å²) in [6, 6.07) is -0.743. The second-order valence-electron chi connectivity index (χ2n) is 3.19. The van der Waals surface area contributed by atoms with Gasteiger partial charge in [0.15, 0.2) is 0 Å².